The molecule has 0 bridgehead atoms. The van der Waals surface area contributed by atoms with Crippen LogP contribution in [0.4, 0.5) is 4.39 Å². The third-order valence-corrected chi connectivity index (χ3v) is 2.38. The lowest BCUT2D eigenvalue weighted by molar-refractivity contribution is 0.206. The van der Waals surface area contributed by atoms with Crippen LogP contribution >= 0.6 is 0 Å². The van der Waals surface area contributed by atoms with E-state index in [4.69, 9.17) is 0 Å². The molecule has 2 heteroatoms. The van der Waals surface area contributed by atoms with Crippen LogP contribution in [0.25, 0.3) is 0 Å². The minimum atomic E-state index is -0.657. The van der Waals surface area contributed by atoms with Crippen molar-refractivity contribution in [2.45, 2.75) is 53.1 Å². The molecule has 0 N–H and O–H groups in total. The Hall–Kier alpha value is -0.110. The molecule has 0 spiro atoms. The maximum atomic E-state index is 12.8. The van der Waals surface area contributed by atoms with Gasteiger partial charge in [-0.25, -0.2) is 4.39 Å². The average Bonchev–Trinajstić information content (AvgIpc) is 2.03. The van der Waals surface area contributed by atoms with Crippen molar-refractivity contribution in [3.8, 4) is 0 Å². The molecular formula is C12H26FN. The molecule has 0 amide bonds. The van der Waals surface area contributed by atoms with Crippen molar-refractivity contribution in [3.05, 3.63) is 0 Å². The van der Waals surface area contributed by atoms with E-state index in [1.54, 1.807) is 6.92 Å². The molecule has 0 aliphatic rings. The van der Waals surface area contributed by atoms with Gasteiger partial charge in [-0.3, -0.25) is 0 Å². The van der Waals surface area contributed by atoms with Gasteiger partial charge < -0.3 is 4.90 Å². The summed E-state index contributed by atoms with van der Waals surface area (Å²) in [7, 11) is 0. The highest BCUT2D eigenvalue weighted by Gasteiger charge is 2.11. The standard InChI is InChI=1S/C12H26FN/c1-5-7-14(8-6-2)10-11(3)9-12(4)13/h11-12H,5-10H2,1-4H3. The third-order valence-electron chi connectivity index (χ3n) is 2.38. The number of alkyl halides is 1. The molecule has 0 radical (unpaired) electrons. The molecule has 0 saturated carbocycles. The largest absolute Gasteiger partial charge is 0.303 e. The zero-order valence-electron chi connectivity index (χ0n) is 10.2. The number of rotatable bonds is 8. The van der Waals surface area contributed by atoms with Gasteiger partial charge in [0, 0.05) is 6.54 Å². The fourth-order valence-electron chi connectivity index (χ4n) is 2.00. The SMILES string of the molecule is CCCN(CCC)CC(C)CC(C)F. The summed E-state index contributed by atoms with van der Waals surface area (Å²) in [4.78, 5) is 2.45. The molecule has 0 aromatic rings. The van der Waals surface area contributed by atoms with Crippen LogP contribution in [0.1, 0.15) is 47.0 Å². The Morgan fingerprint density at radius 1 is 1.07 bits per heavy atom. The van der Waals surface area contributed by atoms with Crippen molar-refractivity contribution in [2.75, 3.05) is 19.6 Å². The first kappa shape index (κ1) is 13.9. The maximum Gasteiger partial charge on any atom is 0.0976 e. The maximum absolute atomic E-state index is 12.8. The fraction of sp³-hybridized carbons (Fsp3) is 1.00. The second-order valence-corrected chi connectivity index (χ2v) is 4.42. The number of nitrogens with zero attached hydrogens (tertiary/aromatic N) is 1. The van der Waals surface area contributed by atoms with Gasteiger partial charge in [0.2, 0.25) is 0 Å². The van der Waals surface area contributed by atoms with Gasteiger partial charge in [0.15, 0.2) is 0 Å². The van der Waals surface area contributed by atoms with E-state index >= 15 is 0 Å². The summed E-state index contributed by atoms with van der Waals surface area (Å²) in [5.41, 5.74) is 0. The van der Waals surface area contributed by atoms with Gasteiger partial charge in [0.05, 0.1) is 6.17 Å². The van der Waals surface area contributed by atoms with Gasteiger partial charge >= 0.3 is 0 Å². The quantitative estimate of drug-likeness (QED) is 0.583. The Kier molecular flexibility index (Phi) is 8.15. The summed E-state index contributed by atoms with van der Waals surface area (Å²) in [5.74, 6) is 0.480. The van der Waals surface area contributed by atoms with Crippen LogP contribution in [0.3, 0.4) is 0 Å². The Bertz CT molecular complexity index is 119. The normalized spacial score (nSPS) is 15.9. The second kappa shape index (κ2) is 8.22. The summed E-state index contributed by atoms with van der Waals surface area (Å²) in [6, 6.07) is 0. The van der Waals surface area contributed by atoms with E-state index in [0.29, 0.717) is 12.3 Å². The number of halogens is 1. The van der Waals surface area contributed by atoms with E-state index in [1.807, 2.05) is 0 Å². The van der Waals surface area contributed by atoms with Gasteiger partial charge in [0.25, 0.3) is 0 Å². The Balaban J connectivity index is 3.76. The van der Waals surface area contributed by atoms with Crippen LogP contribution in [0, 0.1) is 5.92 Å². The van der Waals surface area contributed by atoms with Crippen molar-refractivity contribution in [1.29, 1.82) is 0 Å². The van der Waals surface area contributed by atoms with E-state index < -0.39 is 6.17 Å². The van der Waals surface area contributed by atoms with Crippen LogP contribution in [0.15, 0.2) is 0 Å². The summed E-state index contributed by atoms with van der Waals surface area (Å²) < 4.78 is 12.8. The monoisotopic (exact) mass is 203 g/mol. The topological polar surface area (TPSA) is 3.24 Å². The Morgan fingerprint density at radius 3 is 1.93 bits per heavy atom. The van der Waals surface area contributed by atoms with Crippen molar-refractivity contribution < 1.29 is 4.39 Å². The summed E-state index contributed by atoms with van der Waals surface area (Å²) in [6.07, 6.45) is 2.43. The summed E-state index contributed by atoms with van der Waals surface area (Å²) >= 11 is 0. The Morgan fingerprint density at radius 2 is 1.57 bits per heavy atom. The van der Waals surface area contributed by atoms with Crippen LogP contribution in [-0.2, 0) is 0 Å². The van der Waals surface area contributed by atoms with Crippen molar-refractivity contribution in [1.82, 2.24) is 4.90 Å². The van der Waals surface area contributed by atoms with Gasteiger partial charge in [-0.05, 0) is 45.2 Å². The number of hydrogen-bond acceptors (Lipinski definition) is 1. The molecule has 0 aliphatic heterocycles. The lowest BCUT2D eigenvalue weighted by atomic mass is 10.0. The molecule has 2 unspecified atom stereocenters. The molecule has 1 nitrogen and oxygen atoms in total. The first-order valence-corrected chi connectivity index (χ1v) is 5.96. The molecule has 0 aromatic heterocycles. The predicted octanol–water partition coefficient (Wildman–Crippen LogP) is 3.49. The van der Waals surface area contributed by atoms with Gasteiger partial charge in [-0.1, -0.05) is 20.8 Å². The lowest BCUT2D eigenvalue weighted by Crippen LogP contribution is -2.30. The van der Waals surface area contributed by atoms with Gasteiger partial charge in [-0.2, -0.15) is 0 Å². The molecule has 0 rings (SSSR count). The minimum absolute atomic E-state index is 0.480. The zero-order valence-corrected chi connectivity index (χ0v) is 10.2. The predicted molar refractivity (Wildman–Crippen MR) is 61.4 cm³/mol. The molecule has 0 aliphatic carbocycles. The first-order chi connectivity index (χ1) is 6.60. The van der Waals surface area contributed by atoms with Crippen molar-refractivity contribution >= 4 is 0 Å². The molecule has 0 heterocycles. The number of hydrogen-bond donors (Lipinski definition) is 0. The highest BCUT2D eigenvalue weighted by molar-refractivity contribution is 4.64. The summed E-state index contributed by atoms with van der Waals surface area (Å²) in [6.45, 7) is 11.6. The zero-order chi connectivity index (χ0) is 11.0. The van der Waals surface area contributed by atoms with E-state index in [-0.39, 0.29) is 0 Å². The molecule has 0 saturated heterocycles. The smallest absolute Gasteiger partial charge is 0.0976 e. The van der Waals surface area contributed by atoms with Gasteiger partial charge in [-0.15, -0.1) is 0 Å². The molecule has 86 valence electrons. The third kappa shape index (κ3) is 7.31. The lowest BCUT2D eigenvalue weighted by Gasteiger charge is -2.25. The van der Waals surface area contributed by atoms with Gasteiger partial charge in [0.1, 0.15) is 0 Å². The Labute approximate surface area is 88.7 Å². The van der Waals surface area contributed by atoms with Crippen molar-refractivity contribution in [3.63, 3.8) is 0 Å². The second-order valence-electron chi connectivity index (χ2n) is 4.42. The highest BCUT2D eigenvalue weighted by Crippen LogP contribution is 2.11. The van der Waals surface area contributed by atoms with Crippen LogP contribution < -0.4 is 0 Å². The fourth-order valence-corrected chi connectivity index (χ4v) is 2.00. The van der Waals surface area contributed by atoms with Crippen LogP contribution in [-0.4, -0.2) is 30.7 Å². The molecular weight excluding hydrogens is 177 g/mol. The summed E-state index contributed by atoms with van der Waals surface area (Å²) in [5, 5.41) is 0. The average molecular weight is 203 g/mol. The highest BCUT2D eigenvalue weighted by atomic mass is 19.1. The molecule has 0 aromatic carbocycles. The van der Waals surface area contributed by atoms with Crippen LogP contribution in [0.2, 0.25) is 0 Å². The minimum Gasteiger partial charge on any atom is -0.303 e. The molecule has 2 atom stereocenters. The van der Waals surface area contributed by atoms with Crippen LogP contribution in [0.5, 0.6) is 0 Å². The first-order valence-electron chi connectivity index (χ1n) is 5.96. The van der Waals surface area contributed by atoms with E-state index in [0.717, 1.165) is 19.6 Å². The van der Waals surface area contributed by atoms with E-state index in [1.165, 1.54) is 12.8 Å². The van der Waals surface area contributed by atoms with E-state index in [9.17, 15) is 4.39 Å². The molecule has 0 fully saturated rings. The molecule has 14 heavy (non-hydrogen) atoms. The van der Waals surface area contributed by atoms with Crippen molar-refractivity contribution in [2.24, 2.45) is 5.92 Å². The van der Waals surface area contributed by atoms with E-state index in [2.05, 4.69) is 25.7 Å².